The molecule has 0 bridgehead atoms. The van der Waals surface area contributed by atoms with E-state index in [4.69, 9.17) is 0 Å². The van der Waals surface area contributed by atoms with Crippen LogP contribution in [0.15, 0.2) is 54.6 Å². The molecule has 0 fully saturated rings. The van der Waals surface area contributed by atoms with E-state index < -0.39 is 0 Å². The van der Waals surface area contributed by atoms with Gasteiger partial charge in [-0.1, -0.05) is 36.4 Å². The first-order valence-electron chi connectivity index (χ1n) is 7.60. The second kappa shape index (κ2) is 5.96. The van der Waals surface area contributed by atoms with Gasteiger partial charge in [0.25, 0.3) is 0 Å². The van der Waals surface area contributed by atoms with Crippen LogP contribution in [0.5, 0.6) is 0 Å². The number of aryl methyl sites for hydroxylation is 3. The maximum atomic E-state index is 14.2. The molecule has 3 aromatic carbocycles. The van der Waals surface area contributed by atoms with Gasteiger partial charge >= 0.3 is 0 Å². The van der Waals surface area contributed by atoms with E-state index >= 15 is 0 Å². The van der Waals surface area contributed by atoms with Crippen LogP contribution in [-0.4, -0.2) is 0 Å². The Labute approximate surface area is 135 Å². The van der Waals surface area contributed by atoms with Crippen LogP contribution in [0.4, 0.5) is 8.78 Å². The van der Waals surface area contributed by atoms with E-state index in [1.165, 1.54) is 12.1 Å². The van der Waals surface area contributed by atoms with Crippen LogP contribution in [0, 0.1) is 32.4 Å². The van der Waals surface area contributed by atoms with Crippen LogP contribution in [0.25, 0.3) is 22.3 Å². The molecule has 0 unspecified atom stereocenters. The highest BCUT2D eigenvalue weighted by Crippen LogP contribution is 2.36. The molecule has 0 spiro atoms. The van der Waals surface area contributed by atoms with Gasteiger partial charge in [0.15, 0.2) is 0 Å². The largest absolute Gasteiger partial charge is 0.207 e. The molecular weight excluding hydrogens is 290 g/mol. The summed E-state index contributed by atoms with van der Waals surface area (Å²) in [6.07, 6.45) is 0. The molecule has 0 amide bonds. The lowest BCUT2D eigenvalue weighted by molar-refractivity contribution is 0.616. The van der Waals surface area contributed by atoms with Crippen molar-refractivity contribution in [3.63, 3.8) is 0 Å². The summed E-state index contributed by atoms with van der Waals surface area (Å²) in [5, 5.41) is 0. The number of hydrogen-bond donors (Lipinski definition) is 0. The summed E-state index contributed by atoms with van der Waals surface area (Å²) in [6.45, 7) is 5.41. The molecule has 0 N–H and O–H groups in total. The molecule has 116 valence electrons. The third-order valence-electron chi connectivity index (χ3n) is 4.18. The fourth-order valence-electron chi connectivity index (χ4n) is 2.88. The van der Waals surface area contributed by atoms with Gasteiger partial charge in [0.2, 0.25) is 0 Å². The highest BCUT2D eigenvalue weighted by molar-refractivity contribution is 5.85. The number of hydrogen-bond acceptors (Lipinski definition) is 0. The van der Waals surface area contributed by atoms with Gasteiger partial charge in [-0.05, 0) is 77.9 Å². The van der Waals surface area contributed by atoms with Gasteiger partial charge < -0.3 is 0 Å². The smallest absolute Gasteiger partial charge is 0.126 e. The number of rotatable bonds is 2. The molecule has 0 aliphatic heterocycles. The standard InChI is InChI=1S/C21H18F2/c1-13-9-14(2)20(22)11-17(13)19-12-21(23)15(3)10-18(19)16-7-5-4-6-8-16/h4-12H,1-3H3. The van der Waals surface area contributed by atoms with E-state index in [2.05, 4.69) is 0 Å². The Bertz CT molecular complexity index is 865. The molecule has 0 heterocycles. The van der Waals surface area contributed by atoms with Crippen LogP contribution in [0.3, 0.4) is 0 Å². The average Bonchev–Trinajstić information content (AvgIpc) is 2.54. The maximum Gasteiger partial charge on any atom is 0.126 e. The van der Waals surface area contributed by atoms with Gasteiger partial charge in [-0.2, -0.15) is 0 Å². The molecule has 0 radical (unpaired) electrons. The molecule has 2 heteroatoms. The molecule has 3 aromatic rings. The summed E-state index contributed by atoms with van der Waals surface area (Å²) in [5.41, 5.74) is 5.46. The third-order valence-corrected chi connectivity index (χ3v) is 4.18. The Morgan fingerprint density at radius 3 is 1.78 bits per heavy atom. The van der Waals surface area contributed by atoms with Crippen LogP contribution in [0.2, 0.25) is 0 Å². The van der Waals surface area contributed by atoms with Gasteiger partial charge in [-0.3, -0.25) is 0 Å². The molecule has 0 nitrogen and oxygen atoms in total. The maximum absolute atomic E-state index is 14.2. The van der Waals surface area contributed by atoms with Gasteiger partial charge in [0.05, 0.1) is 0 Å². The predicted molar refractivity (Wildman–Crippen MR) is 91.4 cm³/mol. The Morgan fingerprint density at radius 2 is 1.13 bits per heavy atom. The van der Waals surface area contributed by atoms with Crippen molar-refractivity contribution in [1.82, 2.24) is 0 Å². The van der Waals surface area contributed by atoms with Crippen LogP contribution in [-0.2, 0) is 0 Å². The summed E-state index contributed by atoms with van der Waals surface area (Å²) < 4.78 is 28.2. The fourth-order valence-corrected chi connectivity index (χ4v) is 2.88. The van der Waals surface area contributed by atoms with Gasteiger partial charge in [0.1, 0.15) is 11.6 Å². The minimum absolute atomic E-state index is 0.273. The normalized spacial score (nSPS) is 10.8. The summed E-state index contributed by atoms with van der Waals surface area (Å²) in [7, 11) is 0. The lowest BCUT2D eigenvalue weighted by Gasteiger charge is -2.15. The van der Waals surface area contributed by atoms with Gasteiger partial charge in [0, 0.05) is 0 Å². The first-order valence-corrected chi connectivity index (χ1v) is 7.60. The zero-order valence-corrected chi connectivity index (χ0v) is 13.5. The van der Waals surface area contributed by atoms with Crippen molar-refractivity contribution in [2.75, 3.05) is 0 Å². The second-order valence-corrected chi connectivity index (χ2v) is 5.93. The third kappa shape index (κ3) is 2.89. The van der Waals surface area contributed by atoms with Crippen LogP contribution in [0.1, 0.15) is 16.7 Å². The molecule has 0 saturated heterocycles. The van der Waals surface area contributed by atoms with Crippen molar-refractivity contribution in [2.45, 2.75) is 20.8 Å². The van der Waals surface area contributed by atoms with Gasteiger partial charge in [-0.15, -0.1) is 0 Å². The quantitative estimate of drug-likeness (QED) is 0.527. The van der Waals surface area contributed by atoms with Gasteiger partial charge in [-0.25, -0.2) is 8.78 Å². The summed E-state index contributed by atoms with van der Waals surface area (Å²) in [6, 6.07) is 16.4. The van der Waals surface area contributed by atoms with E-state index in [1.807, 2.05) is 43.3 Å². The average molecular weight is 308 g/mol. The summed E-state index contributed by atoms with van der Waals surface area (Å²) >= 11 is 0. The first kappa shape index (κ1) is 15.4. The molecule has 0 aliphatic rings. The van der Waals surface area contributed by atoms with E-state index in [-0.39, 0.29) is 11.6 Å². The summed E-state index contributed by atoms with van der Waals surface area (Å²) in [4.78, 5) is 0. The molecule has 23 heavy (non-hydrogen) atoms. The van der Waals surface area contributed by atoms with Crippen molar-refractivity contribution in [2.24, 2.45) is 0 Å². The number of benzene rings is 3. The highest BCUT2D eigenvalue weighted by Gasteiger charge is 2.14. The van der Waals surface area contributed by atoms with E-state index in [9.17, 15) is 8.78 Å². The predicted octanol–water partition coefficient (Wildman–Crippen LogP) is 6.22. The van der Waals surface area contributed by atoms with E-state index in [0.29, 0.717) is 11.1 Å². The van der Waals surface area contributed by atoms with Crippen molar-refractivity contribution in [3.05, 3.63) is 82.9 Å². The van der Waals surface area contributed by atoms with Crippen LogP contribution >= 0.6 is 0 Å². The summed E-state index contributed by atoms with van der Waals surface area (Å²) in [5.74, 6) is -0.550. The minimum Gasteiger partial charge on any atom is -0.207 e. The molecule has 3 rings (SSSR count). The van der Waals surface area contributed by atoms with Crippen molar-refractivity contribution >= 4 is 0 Å². The zero-order valence-electron chi connectivity index (χ0n) is 13.5. The van der Waals surface area contributed by atoms with Crippen molar-refractivity contribution in [3.8, 4) is 22.3 Å². The monoisotopic (exact) mass is 308 g/mol. The molecular formula is C21H18F2. The Kier molecular flexibility index (Phi) is 3.99. The van der Waals surface area contributed by atoms with Crippen LogP contribution < -0.4 is 0 Å². The Balaban J connectivity index is 2.31. The van der Waals surface area contributed by atoms with E-state index in [1.54, 1.807) is 19.9 Å². The SMILES string of the molecule is Cc1cc(C)c(-c2cc(F)c(C)cc2-c2ccccc2)cc1F. The molecule has 0 atom stereocenters. The first-order chi connectivity index (χ1) is 11.0. The second-order valence-electron chi connectivity index (χ2n) is 5.93. The molecule has 0 aromatic heterocycles. The zero-order chi connectivity index (χ0) is 16.6. The number of halogens is 2. The Hall–Kier alpha value is -2.48. The van der Waals surface area contributed by atoms with E-state index in [0.717, 1.165) is 27.8 Å². The lowest BCUT2D eigenvalue weighted by Crippen LogP contribution is -1.95. The topological polar surface area (TPSA) is 0 Å². The Morgan fingerprint density at radius 1 is 0.565 bits per heavy atom. The minimum atomic E-state index is -0.278. The fraction of sp³-hybridized carbons (Fsp3) is 0.143. The highest BCUT2D eigenvalue weighted by atomic mass is 19.1. The lowest BCUT2D eigenvalue weighted by atomic mass is 9.90. The van der Waals surface area contributed by atoms with Crippen molar-refractivity contribution < 1.29 is 8.78 Å². The van der Waals surface area contributed by atoms with Crippen molar-refractivity contribution in [1.29, 1.82) is 0 Å². The molecule has 0 saturated carbocycles. The molecule has 0 aliphatic carbocycles.